The molecule has 0 atom stereocenters. The van der Waals surface area contributed by atoms with Gasteiger partial charge in [-0.15, -0.1) is 0 Å². The topological polar surface area (TPSA) is 69.6 Å². The molecule has 0 amide bonds. The van der Waals surface area contributed by atoms with Crippen molar-refractivity contribution in [3.8, 4) is 0 Å². The van der Waals surface area contributed by atoms with Gasteiger partial charge >= 0.3 is 0 Å². The summed E-state index contributed by atoms with van der Waals surface area (Å²) in [4.78, 5) is 12.5. The summed E-state index contributed by atoms with van der Waals surface area (Å²) >= 11 is 0. The first-order chi connectivity index (χ1) is 7.79. The molecular weight excluding hydrogens is 202 g/mol. The summed E-state index contributed by atoms with van der Waals surface area (Å²) in [6.45, 7) is 3.12. The minimum atomic E-state index is 0.450. The molecule has 0 saturated carbocycles. The van der Waals surface area contributed by atoms with Crippen LogP contribution in [-0.4, -0.2) is 19.5 Å². The molecular formula is C11H15N5. The van der Waals surface area contributed by atoms with Crippen LogP contribution >= 0.6 is 0 Å². The Morgan fingerprint density at radius 1 is 1.38 bits per heavy atom. The minimum absolute atomic E-state index is 0.450. The third-order valence-electron chi connectivity index (χ3n) is 2.31. The third-order valence-corrected chi connectivity index (χ3v) is 2.31. The van der Waals surface area contributed by atoms with Crippen LogP contribution in [0.25, 0.3) is 0 Å². The Labute approximate surface area is 94.4 Å². The van der Waals surface area contributed by atoms with E-state index in [2.05, 4.69) is 26.4 Å². The predicted molar refractivity (Wildman–Crippen MR) is 61.8 cm³/mol. The van der Waals surface area contributed by atoms with E-state index in [-0.39, 0.29) is 0 Å². The number of imidazole rings is 1. The molecule has 0 aliphatic heterocycles. The van der Waals surface area contributed by atoms with Crippen molar-refractivity contribution in [3.63, 3.8) is 0 Å². The Kier molecular flexibility index (Phi) is 3.14. The van der Waals surface area contributed by atoms with E-state index in [4.69, 9.17) is 5.73 Å². The summed E-state index contributed by atoms with van der Waals surface area (Å²) < 4.78 is 2.13. The molecule has 0 aliphatic rings. The second-order valence-electron chi connectivity index (χ2n) is 3.65. The maximum absolute atomic E-state index is 5.58. The Hall–Kier alpha value is -1.91. The second-order valence-corrected chi connectivity index (χ2v) is 3.65. The SMILES string of the molecule is CCCn1ccnc1Cc1cncc(N)n1. The Morgan fingerprint density at radius 2 is 2.25 bits per heavy atom. The van der Waals surface area contributed by atoms with Gasteiger partial charge in [-0.2, -0.15) is 0 Å². The molecule has 0 fully saturated rings. The van der Waals surface area contributed by atoms with Gasteiger partial charge in [0.05, 0.1) is 11.9 Å². The summed E-state index contributed by atoms with van der Waals surface area (Å²) in [5.41, 5.74) is 6.43. The lowest BCUT2D eigenvalue weighted by molar-refractivity contribution is 0.644. The fraction of sp³-hybridized carbons (Fsp3) is 0.364. The first kappa shape index (κ1) is 10.6. The van der Waals surface area contributed by atoms with E-state index in [1.54, 1.807) is 12.4 Å². The minimum Gasteiger partial charge on any atom is -0.382 e. The fourth-order valence-electron chi connectivity index (χ4n) is 1.62. The van der Waals surface area contributed by atoms with Crippen molar-refractivity contribution in [2.45, 2.75) is 26.3 Å². The van der Waals surface area contributed by atoms with Gasteiger partial charge in [-0.3, -0.25) is 4.98 Å². The van der Waals surface area contributed by atoms with Crippen molar-refractivity contribution < 1.29 is 0 Å². The molecule has 0 spiro atoms. The molecule has 2 aromatic rings. The molecule has 0 saturated heterocycles. The van der Waals surface area contributed by atoms with Crippen molar-refractivity contribution in [2.75, 3.05) is 5.73 Å². The molecule has 2 N–H and O–H groups in total. The molecule has 16 heavy (non-hydrogen) atoms. The molecule has 2 heterocycles. The maximum Gasteiger partial charge on any atom is 0.142 e. The summed E-state index contributed by atoms with van der Waals surface area (Å²) in [7, 11) is 0. The maximum atomic E-state index is 5.58. The van der Waals surface area contributed by atoms with Crippen LogP contribution in [0.15, 0.2) is 24.8 Å². The van der Waals surface area contributed by atoms with E-state index in [0.29, 0.717) is 12.2 Å². The van der Waals surface area contributed by atoms with Crippen LogP contribution in [0, 0.1) is 0 Å². The Balaban J connectivity index is 2.17. The third kappa shape index (κ3) is 2.36. The van der Waals surface area contributed by atoms with Gasteiger partial charge in [-0.05, 0) is 6.42 Å². The number of hydrogen-bond acceptors (Lipinski definition) is 4. The summed E-state index contributed by atoms with van der Waals surface area (Å²) in [5.74, 6) is 1.45. The highest BCUT2D eigenvalue weighted by Crippen LogP contribution is 2.06. The molecule has 2 aromatic heterocycles. The van der Waals surface area contributed by atoms with E-state index >= 15 is 0 Å². The number of anilines is 1. The molecule has 0 unspecified atom stereocenters. The second kappa shape index (κ2) is 4.74. The summed E-state index contributed by atoms with van der Waals surface area (Å²) in [5, 5.41) is 0. The van der Waals surface area contributed by atoms with E-state index < -0.39 is 0 Å². The van der Waals surface area contributed by atoms with Gasteiger partial charge in [0.25, 0.3) is 0 Å². The smallest absolute Gasteiger partial charge is 0.142 e. The van der Waals surface area contributed by atoms with Crippen molar-refractivity contribution in [3.05, 3.63) is 36.3 Å². The predicted octanol–water partition coefficient (Wildman–Crippen LogP) is 1.26. The van der Waals surface area contributed by atoms with Gasteiger partial charge in [0.2, 0.25) is 0 Å². The molecule has 0 bridgehead atoms. The molecule has 0 aliphatic carbocycles. The quantitative estimate of drug-likeness (QED) is 0.837. The van der Waals surface area contributed by atoms with Crippen LogP contribution in [0.2, 0.25) is 0 Å². The van der Waals surface area contributed by atoms with Crippen molar-refractivity contribution in [1.29, 1.82) is 0 Å². The monoisotopic (exact) mass is 217 g/mol. The van der Waals surface area contributed by atoms with Gasteiger partial charge in [-0.25, -0.2) is 9.97 Å². The van der Waals surface area contributed by atoms with Crippen LogP contribution in [0.1, 0.15) is 24.9 Å². The van der Waals surface area contributed by atoms with Crippen molar-refractivity contribution in [1.82, 2.24) is 19.5 Å². The van der Waals surface area contributed by atoms with Crippen LogP contribution in [0.5, 0.6) is 0 Å². The number of aryl methyl sites for hydroxylation is 1. The molecule has 0 aromatic carbocycles. The lowest BCUT2D eigenvalue weighted by Crippen LogP contribution is -2.05. The van der Waals surface area contributed by atoms with E-state index in [1.165, 1.54) is 0 Å². The number of nitrogen functional groups attached to an aromatic ring is 1. The zero-order valence-corrected chi connectivity index (χ0v) is 9.30. The molecule has 5 heteroatoms. The number of nitrogens with two attached hydrogens (primary N) is 1. The first-order valence-corrected chi connectivity index (χ1v) is 5.36. The van der Waals surface area contributed by atoms with Crippen LogP contribution in [0.3, 0.4) is 0 Å². The highest BCUT2D eigenvalue weighted by atomic mass is 15.1. The van der Waals surface area contributed by atoms with E-state index in [0.717, 1.165) is 24.5 Å². The van der Waals surface area contributed by atoms with Gasteiger partial charge in [0.15, 0.2) is 0 Å². The van der Waals surface area contributed by atoms with Gasteiger partial charge in [0.1, 0.15) is 11.6 Å². The zero-order valence-electron chi connectivity index (χ0n) is 9.30. The average Bonchev–Trinajstić information content (AvgIpc) is 2.66. The molecule has 2 rings (SSSR count). The van der Waals surface area contributed by atoms with Crippen LogP contribution in [-0.2, 0) is 13.0 Å². The zero-order chi connectivity index (χ0) is 11.4. The normalized spacial score (nSPS) is 10.6. The van der Waals surface area contributed by atoms with Gasteiger partial charge < -0.3 is 10.3 Å². The Bertz CT molecular complexity index is 463. The van der Waals surface area contributed by atoms with Crippen molar-refractivity contribution >= 4 is 5.82 Å². The van der Waals surface area contributed by atoms with Crippen molar-refractivity contribution in [2.24, 2.45) is 0 Å². The van der Waals surface area contributed by atoms with Crippen LogP contribution in [0.4, 0.5) is 5.82 Å². The summed E-state index contributed by atoms with van der Waals surface area (Å²) in [6, 6.07) is 0. The number of rotatable bonds is 4. The standard InChI is InChI=1S/C11H15N5/c1-2-4-16-5-3-14-11(16)6-9-7-13-8-10(12)15-9/h3,5,7-8H,2,4,6H2,1H3,(H2,12,15). The molecule has 84 valence electrons. The average molecular weight is 217 g/mol. The number of nitrogens with zero attached hydrogens (tertiary/aromatic N) is 4. The Morgan fingerprint density at radius 3 is 3.00 bits per heavy atom. The van der Waals surface area contributed by atoms with E-state index in [9.17, 15) is 0 Å². The highest BCUT2D eigenvalue weighted by Gasteiger charge is 2.05. The largest absolute Gasteiger partial charge is 0.382 e. The molecule has 5 nitrogen and oxygen atoms in total. The van der Waals surface area contributed by atoms with E-state index in [1.807, 2.05) is 12.4 Å². The highest BCUT2D eigenvalue weighted by molar-refractivity contribution is 5.24. The molecule has 0 radical (unpaired) electrons. The number of aromatic nitrogens is 4. The van der Waals surface area contributed by atoms with Gasteiger partial charge in [0, 0.05) is 31.6 Å². The van der Waals surface area contributed by atoms with Crippen LogP contribution < -0.4 is 5.73 Å². The lowest BCUT2D eigenvalue weighted by atomic mass is 10.3. The lowest BCUT2D eigenvalue weighted by Gasteiger charge is -2.05. The summed E-state index contributed by atoms with van der Waals surface area (Å²) in [6.07, 6.45) is 8.82. The number of hydrogen-bond donors (Lipinski definition) is 1. The van der Waals surface area contributed by atoms with Gasteiger partial charge in [-0.1, -0.05) is 6.92 Å². The first-order valence-electron chi connectivity index (χ1n) is 5.36. The fourth-order valence-corrected chi connectivity index (χ4v) is 1.62.